The minimum Gasteiger partial charge on any atom is -0.396 e. The van der Waals surface area contributed by atoms with Crippen molar-refractivity contribution >= 4 is 11.6 Å². The Morgan fingerprint density at radius 1 is 1.10 bits per heavy atom. The van der Waals surface area contributed by atoms with Gasteiger partial charge in [-0.25, -0.2) is 0 Å². The fourth-order valence-electron chi connectivity index (χ4n) is 4.11. The Kier molecular flexibility index (Phi) is 13.0. The van der Waals surface area contributed by atoms with Gasteiger partial charge in [-0.05, 0) is 44.4 Å². The molecule has 0 aromatic carbocycles. The van der Waals surface area contributed by atoms with E-state index in [1.54, 1.807) is 6.08 Å². The van der Waals surface area contributed by atoms with Crippen LogP contribution in [0.1, 0.15) is 83.5 Å². The van der Waals surface area contributed by atoms with Crippen LogP contribution in [0.25, 0.3) is 0 Å². The summed E-state index contributed by atoms with van der Waals surface area (Å²) in [4.78, 5) is 23.3. The summed E-state index contributed by atoms with van der Waals surface area (Å²) in [6, 6.07) is 0. The first-order valence-corrected chi connectivity index (χ1v) is 11.2. The van der Waals surface area contributed by atoms with E-state index in [0.717, 1.165) is 57.8 Å². The van der Waals surface area contributed by atoms with Crippen molar-refractivity contribution in [3.63, 3.8) is 0 Å². The van der Waals surface area contributed by atoms with E-state index in [4.69, 9.17) is 10.2 Å². The van der Waals surface area contributed by atoms with Gasteiger partial charge in [0.2, 0.25) is 0 Å². The van der Waals surface area contributed by atoms with Crippen molar-refractivity contribution < 1.29 is 24.9 Å². The van der Waals surface area contributed by atoms with Crippen LogP contribution in [0.15, 0.2) is 24.8 Å². The van der Waals surface area contributed by atoms with Gasteiger partial charge in [0, 0.05) is 25.4 Å². The SMILES string of the molecule is C=CC(O)(CC=C[C@H]1CCC(=O)[C@@H]1CCCCCCC(=O)CO)CCCCCO. The zero-order valence-corrected chi connectivity index (χ0v) is 17.9. The molecule has 5 nitrogen and oxygen atoms in total. The summed E-state index contributed by atoms with van der Waals surface area (Å²) < 4.78 is 0. The van der Waals surface area contributed by atoms with Gasteiger partial charge >= 0.3 is 0 Å². The zero-order chi connectivity index (χ0) is 21.5. The second-order valence-corrected chi connectivity index (χ2v) is 8.40. The van der Waals surface area contributed by atoms with Crippen molar-refractivity contribution in [2.45, 2.75) is 89.1 Å². The summed E-state index contributed by atoms with van der Waals surface area (Å²) in [7, 11) is 0. The summed E-state index contributed by atoms with van der Waals surface area (Å²) in [6.07, 6.45) is 15.9. The number of unbranched alkanes of at least 4 members (excludes halogenated alkanes) is 5. The summed E-state index contributed by atoms with van der Waals surface area (Å²) in [5.41, 5.74) is -0.921. The van der Waals surface area contributed by atoms with Crippen molar-refractivity contribution in [1.82, 2.24) is 0 Å². The van der Waals surface area contributed by atoms with Crippen molar-refractivity contribution in [3.8, 4) is 0 Å². The monoisotopic (exact) mass is 408 g/mol. The van der Waals surface area contributed by atoms with E-state index in [0.29, 0.717) is 31.5 Å². The van der Waals surface area contributed by atoms with E-state index in [9.17, 15) is 14.7 Å². The predicted octanol–water partition coefficient (Wildman–Crippen LogP) is 3.90. The maximum absolute atomic E-state index is 12.3. The van der Waals surface area contributed by atoms with Gasteiger partial charge in [-0.3, -0.25) is 9.59 Å². The molecule has 1 aliphatic rings. The third-order valence-electron chi connectivity index (χ3n) is 6.05. The maximum Gasteiger partial charge on any atom is 0.158 e. The van der Waals surface area contributed by atoms with Gasteiger partial charge in [0.15, 0.2) is 5.78 Å². The molecular formula is C24H40O5. The van der Waals surface area contributed by atoms with Crippen molar-refractivity contribution in [1.29, 1.82) is 0 Å². The van der Waals surface area contributed by atoms with Gasteiger partial charge in [0.05, 0.1) is 5.60 Å². The lowest BCUT2D eigenvalue weighted by Gasteiger charge is -2.23. The Morgan fingerprint density at radius 3 is 2.52 bits per heavy atom. The Balaban J connectivity index is 2.37. The lowest BCUT2D eigenvalue weighted by Crippen LogP contribution is -2.24. The highest BCUT2D eigenvalue weighted by molar-refractivity contribution is 5.83. The normalized spacial score (nSPS) is 21.6. The van der Waals surface area contributed by atoms with Crippen LogP contribution in [0, 0.1) is 11.8 Å². The lowest BCUT2D eigenvalue weighted by atomic mass is 9.88. The molecule has 0 heterocycles. The molecular weight excluding hydrogens is 368 g/mol. The number of hydrogen-bond donors (Lipinski definition) is 3. The van der Waals surface area contributed by atoms with E-state index in [1.165, 1.54) is 0 Å². The van der Waals surface area contributed by atoms with Crippen LogP contribution < -0.4 is 0 Å². The van der Waals surface area contributed by atoms with Gasteiger partial charge in [-0.1, -0.05) is 50.3 Å². The van der Waals surface area contributed by atoms with Gasteiger partial charge in [-0.15, -0.1) is 6.58 Å². The average molecular weight is 409 g/mol. The largest absolute Gasteiger partial charge is 0.396 e. The van der Waals surface area contributed by atoms with E-state index in [-0.39, 0.29) is 30.8 Å². The fraction of sp³-hybridized carbons (Fsp3) is 0.750. The minimum absolute atomic E-state index is 0.0756. The minimum atomic E-state index is -0.921. The number of hydrogen-bond acceptors (Lipinski definition) is 5. The molecule has 0 radical (unpaired) electrons. The van der Waals surface area contributed by atoms with Crippen LogP contribution in [-0.4, -0.2) is 45.7 Å². The van der Waals surface area contributed by atoms with Crippen LogP contribution in [-0.2, 0) is 9.59 Å². The molecule has 29 heavy (non-hydrogen) atoms. The zero-order valence-electron chi connectivity index (χ0n) is 17.9. The van der Waals surface area contributed by atoms with Crippen LogP contribution in [0.5, 0.6) is 0 Å². The van der Waals surface area contributed by atoms with E-state index in [1.807, 2.05) is 6.08 Å². The molecule has 0 aliphatic heterocycles. The molecule has 5 heteroatoms. The number of carbonyl (C=O) groups excluding carboxylic acids is 2. The average Bonchev–Trinajstić information content (AvgIpc) is 3.07. The molecule has 1 saturated carbocycles. The second kappa shape index (κ2) is 14.6. The summed E-state index contributed by atoms with van der Waals surface area (Å²) in [5, 5.41) is 28.2. The van der Waals surface area contributed by atoms with Gasteiger partial charge in [0.25, 0.3) is 0 Å². The molecule has 1 aliphatic carbocycles. The maximum atomic E-state index is 12.3. The Morgan fingerprint density at radius 2 is 1.83 bits per heavy atom. The lowest BCUT2D eigenvalue weighted by molar-refractivity contribution is -0.122. The molecule has 0 saturated heterocycles. The molecule has 0 bridgehead atoms. The number of carbonyl (C=O) groups is 2. The second-order valence-electron chi connectivity index (χ2n) is 8.40. The molecule has 166 valence electrons. The number of aliphatic hydroxyl groups excluding tert-OH is 2. The van der Waals surface area contributed by atoms with E-state index in [2.05, 4.69) is 12.7 Å². The molecule has 0 aromatic heterocycles. The van der Waals surface area contributed by atoms with Crippen molar-refractivity contribution in [3.05, 3.63) is 24.8 Å². The highest BCUT2D eigenvalue weighted by atomic mass is 16.3. The van der Waals surface area contributed by atoms with Crippen LogP contribution in [0.4, 0.5) is 0 Å². The van der Waals surface area contributed by atoms with Gasteiger partial charge < -0.3 is 15.3 Å². The molecule has 0 amide bonds. The topological polar surface area (TPSA) is 94.8 Å². The predicted molar refractivity (Wildman–Crippen MR) is 115 cm³/mol. The highest BCUT2D eigenvalue weighted by Gasteiger charge is 2.32. The highest BCUT2D eigenvalue weighted by Crippen LogP contribution is 2.34. The quantitative estimate of drug-likeness (QED) is 0.251. The Bertz CT molecular complexity index is 527. The fourth-order valence-corrected chi connectivity index (χ4v) is 4.11. The Labute approximate surface area is 175 Å². The molecule has 3 N–H and O–H groups in total. The molecule has 0 spiro atoms. The number of ketones is 2. The molecule has 3 atom stereocenters. The first-order chi connectivity index (χ1) is 14.0. The number of allylic oxidation sites excluding steroid dienone is 1. The molecule has 1 fully saturated rings. The Hall–Kier alpha value is -1.30. The third kappa shape index (κ3) is 10.3. The number of aliphatic hydroxyl groups is 3. The van der Waals surface area contributed by atoms with Gasteiger partial charge in [0.1, 0.15) is 12.4 Å². The van der Waals surface area contributed by atoms with E-state index < -0.39 is 5.60 Å². The molecule has 1 rings (SSSR count). The van der Waals surface area contributed by atoms with Crippen molar-refractivity contribution in [2.75, 3.05) is 13.2 Å². The van der Waals surface area contributed by atoms with Crippen LogP contribution >= 0.6 is 0 Å². The van der Waals surface area contributed by atoms with Crippen LogP contribution in [0.3, 0.4) is 0 Å². The summed E-state index contributed by atoms with van der Waals surface area (Å²) >= 11 is 0. The number of rotatable bonds is 17. The summed E-state index contributed by atoms with van der Waals surface area (Å²) in [6.45, 7) is 3.59. The van der Waals surface area contributed by atoms with E-state index >= 15 is 0 Å². The first kappa shape index (κ1) is 25.7. The molecule has 0 aromatic rings. The third-order valence-corrected chi connectivity index (χ3v) is 6.05. The first-order valence-electron chi connectivity index (χ1n) is 11.2. The molecule has 1 unspecified atom stereocenters. The van der Waals surface area contributed by atoms with Crippen LogP contribution in [0.2, 0.25) is 0 Å². The number of Topliss-reactive ketones (excluding diaryl/α,β-unsaturated/α-hetero) is 2. The van der Waals surface area contributed by atoms with Gasteiger partial charge in [-0.2, -0.15) is 0 Å². The van der Waals surface area contributed by atoms with Crippen molar-refractivity contribution in [2.24, 2.45) is 11.8 Å². The summed E-state index contributed by atoms with van der Waals surface area (Å²) in [5.74, 6) is 0.570. The standard InChI is InChI=1S/C24H40O5/c1-2-24(29,16-8-5-9-18-25)17-10-11-20-14-15-23(28)22(20)13-7-4-3-6-12-21(27)19-26/h2,10-11,20,22,25-26,29H,1,3-9,12-19H2/t20-,22+,24?/m0/s1. The smallest absolute Gasteiger partial charge is 0.158 e.